The van der Waals surface area contributed by atoms with Crippen molar-refractivity contribution >= 4 is 46.7 Å². The van der Waals surface area contributed by atoms with Crippen molar-refractivity contribution in [1.29, 1.82) is 0 Å². The molecular weight excluding hydrogens is 404 g/mol. The van der Waals surface area contributed by atoms with Crippen LogP contribution >= 0.6 is 23.5 Å². The Kier molecular flexibility index (Phi) is 7.55. The molecule has 1 aliphatic rings. The van der Waals surface area contributed by atoms with Crippen LogP contribution in [0, 0.1) is 6.92 Å². The largest absolute Gasteiger partial charge is 0.354 e. The Bertz CT molecular complexity index is 911. The van der Waals surface area contributed by atoms with Crippen LogP contribution in [-0.4, -0.2) is 40.8 Å². The van der Waals surface area contributed by atoms with Crippen molar-refractivity contribution in [2.45, 2.75) is 12.7 Å². The number of hydrogen-bond donors (Lipinski definition) is 1. The van der Waals surface area contributed by atoms with E-state index in [1.165, 1.54) is 27.8 Å². The lowest BCUT2D eigenvalue weighted by Crippen LogP contribution is -2.37. The Balaban J connectivity index is 1.41. The first-order valence-electron chi connectivity index (χ1n) is 9.23. The molecule has 150 valence electrons. The van der Waals surface area contributed by atoms with Gasteiger partial charge in [-0.15, -0.1) is 11.8 Å². The van der Waals surface area contributed by atoms with Crippen molar-refractivity contribution in [3.8, 4) is 0 Å². The highest BCUT2D eigenvalue weighted by Gasteiger charge is 2.34. The predicted octanol–water partition coefficient (Wildman–Crippen LogP) is 4.08. The summed E-state index contributed by atoms with van der Waals surface area (Å²) >= 11 is 2.46. The summed E-state index contributed by atoms with van der Waals surface area (Å²) in [5.41, 5.74) is 3.26. The van der Waals surface area contributed by atoms with E-state index in [4.69, 9.17) is 0 Å². The van der Waals surface area contributed by atoms with Crippen LogP contribution in [0.1, 0.15) is 16.7 Å². The summed E-state index contributed by atoms with van der Waals surface area (Å²) < 4.78 is 0. The van der Waals surface area contributed by atoms with Crippen molar-refractivity contribution in [3.63, 3.8) is 0 Å². The number of amides is 3. The van der Waals surface area contributed by atoms with E-state index in [-0.39, 0.29) is 30.1 Å². The monoisotopic (exact) mass is 426 g/mol. The van der Waals surface area contributed by atoms with Crippen molar-refractivity contribution in [2.24, 2.45) is 0 Å². The van der Waals surface area contributed by atoms with Gasteiger partial charge in [-0.3, -0.25) is 19.3 Å². The summed E-state index contributed by atoms with van der Waals surface area (Å²) in [6, 6.07) is 17.6. The lowest BCUT2D eigenvalue weighted by molar-refractivity contribution is -0.123. The van der Waals surface area contributed by atoms with Gasteiger partial charge in [-0.1, -0.05) is 60.2 Å². The molecule has 0 atom stereocenters. The van der Waals surface area contributed by atoms with Crippen molar-refractivity contribution < 1.29 is 14.4 Å². The van der Waals surface area contributed by atoms with Crippen molar-refractivity contribution in [3.05, 3.63) is 76.2 Å². The van der Waals surface area contributed by atoms with Gasteiger partial charge in [0.2, 0.25) is 5.91 Å². The van der Waals surface area contributed by atoms with Crippen LogP contribution in [-0.2, 0) is 15.3 Å². The number of carbonyl (C=O) groups excluding carboxylic acids is 3. The summed E-state index contributed by atoms with van der Waals surface area (Å²) in [4.78, 5) is 38.1. The van der Waals surface area contributed by atoms with E-state index in [0.29, 0.717) is 10.7 Å². The van der Waals surface area contributed by atoms with Crippen LogP contribution in [0.15, 0.2) is 59.5 Å². The van der Waals surface area contributed by atoms with E-state index in [2.05, 4.69) is 29.6 Å². The number of carbonyl (C=O) groups is 3. The summed E-state index contributed by atoms with van der Waals surface area (Å²) in [7, 11) is 0. The second-order valence-electron chi connectivity index (χ2n) is 6.57. The maximum absolute atomic E-state index is 12.4. The van der Waals surface area contributed by atoms with Gasteiger partial charge >= 0.3 is 0 Å². The van der Waals surface area contributed by atoms with Crippen LogP contribution in [0.4, 0.5) is 4.79 Å². The van der Waals surface area contributed by atoms with E-state index in [1.807, 2.05) is 37.3 Å². The first kappa shape index (κ1) is 21.2. The van der Waals surface area contributed by atoms with Crippen LogP contribution in [0.5, 0.6) is 0 Å². The zero-order valence-corrected chi connectivity index (χ0v) is 17.7. The lowest BCUT2D eigenvalue weighted by atomic mass is 10.2. The van der Waals surface area contributed by atoms with Gasteiger partial charge in [0, 0.05) is 18.8 Å². The molecular formula is C22H22N2O3S2. The molecule has 1 aliphatic heterocycles. The molecule has 0 radical (unpaired) electrons. The quantitative estimate of drug-likeness (QED) is 0.644. The smallest absolute Gasteiger partial charge is 0.293 e. The van der Waals surface area contributed by atoms with Gasteiger partial charge in [0.15, 0.2) is 0 Å². The SMILES string of the molecule is Cc1ccc(CSCC(=O)NCCN2C(=O)S/C(=C\c3ccccc3)C2=O)cc1. The highest BCUT2D eigenvalue weighted by Crippen LogP contribution is 2.31. The molecule has 3 rings (SSSR count). The Morgan fingerprint density at radius 2 is 1.83 bits per heavy atom. The molecule has 0 unspecified atom stereocenters. The maximum Gasteiger partial charge on any atom is 0.293 e. The van der Waals surface area contributed by atoms with Gasteiger partial charge < -0.3 is 5.32 Å². The van der Waals surface area contributed by atoms with Gasteiger partial charge in [-0.25, -0.2) is 0 Å². The average molecular weight is 427 g/mol. The van der Waals surface area contributed by atoms with Crippen LogP contribution in [0.25, 0.3) is 6.08 Å². The molecule has 1 saturated heterocycles. The first-order chi connectivity index (χ1) is 14.0. The van der Waals surface area contributed by atoms with E-state index >= 15 is 0 Å². The third-order valence-electron chi connectivity index (χ3n) is 4.25. The Morgan fingerprint density at radius 1 is 1.10 bits per heavy atom. The highest BCUT2D eigenvalue weighted by atomic mass is 32.2. The number of benzene rings is 2. The van der Waals surface area contributed by atoms with Gasteiger partial charge in [0.1, 0.15) is 0 Å². The molecule has 0 aliphatic carbocycles. The zero-order valence-electron chi connectivity index (χ0n) is 16.1. The van der Waals surface area contributed by atoms with Gasteiger partial charge in [0.05, 0.1) is 10.7 Å². The number of imide groups is 1. The third-order valence-corrected chi connectivity index (χ3v) is 6.16. The molecule has 3 amide bonds. The standard InChI is InChI=1S/C22H22N2O3S2/c1-16-7-9-18(10-8-16)14-28-15-20(25)23-11-12-24-21(26)19(29-22(24)27)13-17-5-3-2-4-6-17/h2-10,13H,11-12,14-15H2,1H3,(H,23,25)/b19-13-. The van der Waals surface area contributed by atoms with E-state index in [9.17, 15) is 14.4 Å². The van der Waals surface area contributed by atoms with E-state index in [0.717, 1.165) is 23.1 Å². The lowest BCUT2D eigenvalue weighted by Gasteiger charge is -2.13. The molecule has 2 aromatic carbocycles. The van der Waals surface area contributed by atoms with Crippen LogP contribution in [0.3, 0.4) is 0 Å². The van der Waals surface area contributed by atoms with Crippen LogP contribution in [0.2, 0.25) is 0 Å². The summed E-state index contributed by atoms with van der Waals surface area (Å²) in [6.45, 7) is 2.46. The molecule has 2 aromatic rings. The molecule has 5 nitrogen and oxygen atoms in total. The minimum absolute atomic E-state index is 0.103. The molecule has 1 fully saturated rings. The zero-order chi connectivity index (χ0) is 20.6. The van der Waals surface area contributed by atoms with Crippen molar-refractivity contribution in [1.82, 2.24) is 10.2 Å². The summed E-state index contributed by atoms with van der Waals surface area (Å²) in [5, 5.41) is 2.47. The molecule has 7 heteroatoms. The molecule has 0 saturated carbocycles. The number of hydrogen-bond acceptors (Lipinski definition) is 5. The minimum Gasteiger partial charge on any atom is -0.354 e. The highest BCUT2D eigenvalue weighted by molar-refractivity contribution is 8.18. The number of nitrogens with one attached hydrogen (secondary N) is 1. The summed E-state index contributed by atoms with van der Waals surface area (Å²) in [6.07, 6.45) is 1.71. The summed E-state index contributed by atoms with van der Waals surface area (Å²) in [5.74, 6) is 0.686. The molecule has 0 bridgehead atoms. The molecule has 0 spiro atoms. The first-order valence-corrected chi connectivity index (χ1v) is 11.2. The normalized spacial score (nSPS) is 15.2. The second-order valence-corrected chi connectivity index (χ2v) is 8.55. The minimum atomic E-state index is -0.313. The number of rotatable bonds is 8. The predicted molar refractivity (Wildman–Crippen MR) is 119 cm³/mol. The Labute approximate surface area is 178 Å². The number of thioether (sulfide) groups is 2. The Morgan fingerprint density at radius 3 is 2.55 bits per heavy atom. The van der Waals surface area contributed by atoms with Crippen molar-refractivity contribution in [2.75, 3.05) is 18.8 Å². The van der Waals surface area contributed by atoms with Gasteiger partial charge in [-0.05, 0) is 35.9 Å². The number of aryl methyl sites for hydroxylation is 1. The second kappa shape index (κ2) is 10.3. The topological polar surface area (TPSA) is 66.5 Å². The number of nitrogens with zero attached hydrogens (tertiary/aromatic N) is 1. The third kappa shape index (κ3) is 6.24. The molecule has 1 heterocycles. The molecule has 1 N–H and O–H groups in total. The fraction of sp³-hybridized carbons (Fsp3) is 0.227. The van der Waals surface area contributed by atoms with Crippen LogP contribution < -0.4 is 5.32 Å². The Hall–Kier alpha value is -2.51. The van der Waals surface area contributed by atoms with E-state index in [1.54, 1.807) is 6.08 Å². The van der Waals surface area contributed by atoms with Gasteiger partial charge in [0.25, 0.3) is 11.1 Å². The fourth-order valence-electron chi connectivity index (χ4n) is 2.70. The van der Waals surface area contributed by atoms with E-state index < -0.39 is 0 Å². The van der Waals surface area contributed by atoms with Gasteiger partial charge in [-0.2, -0.15) is 0 Å². The molecule has 0 aromatic heterocycles. The average Bonchev–Trinajstić information content (AvgIpc) is 2.97. The fourth-order valence-corrected chi connectivity index (χ4v) is 4.38. The maximum atomic E-state index is 12.4. The molecule has 29 heavy (non-hydrogen) atoms.